The van der Waals surface area contributed by atoms with Crippen molar-refractivity contribution in [2.75, 3.05) is 13.2 Å². The van der Waals surface area contributed by atoms with E-state index in [0.717, 1.165) is 29.7 Å². The van der Waals surface area contributed by atoms with E-state index >= 15 is 0 Å². The van der Waals surface area contributed by atoms with Gasteiger partial charge in [0, 0.05) is 24.9 Å². The molecule has 2 aromatic carbocycles. The van der Waals surface area contributed by atoms with Crippen LogP contribution in [0.1, 0.15) is 52.7 Å². The second-order valence-electron chi connectivity index (χ2n) is 7.37. The first kappa shape index (κ1) is 18.5. The fourth-order valence-corrected chi connectivity index (χ4v) is 3.77. The van der Waals surface area contributed by atoms with Crippen LogP contribution in [0.5, 0.6) is 11.5 Å². The molecule has 2 aliphatic rings. The van der Waals surface area contributed by atoms with Crippen molar-refractivity contribution < 1.29 is 19.1 Å². The molecule has 2 aromatic rings. The lowest BCUT2D eigenvalue weighted by Crippen LogP contribution is -2.23. The number of carbonyl (C=O) groups is 2. The van der Waals surface area contributed by atoms with E-state index in [1.54, 1.807) is 0 Å². The maximum absolute atomic E-state index is 12.5. The zero-order valence-corrected chi connectivity index (χ0v) is 16.0. The van der Waals surface area contributed by atoms with Crippen LogP contribution in [0.4, 0.5) is 0 Å². The number of hydrogen-bond donors (Lipinski definition) is 1. The van der Waals surface area contributed by atoms with Gasteiger partial charge in [0.25, 0.3) is 0 Å². The summed E-state index contributed by atoms with van der Waals surface area (Å²) in [6.07, 6.45) is 4.99. The maximum Gasteiger partial charge on any atom is 0.220 e. The summed E-state index contributed by atoms with van der Waals surface area (Å²) >= 11 is 0. The second kappa shape index (κ2) is 8.46. The molecule has 0 aromatic heterocycles. The number of carbonyl (C=O) groups excluding carboxylic acids is 2. The quantitative estimate of drug-likeness (QED) is 0.779. The molecular weight excluding hydrogens is 354 g/mol. The number of benzene rings is 2. The van der Waals surface area contributed by atoms with Crippen molar-refractivity contribution in [2.45, 2.75) is 45.1 Å². The summed E-state index contributed by atoms with van der Waals surface area (Å²) in [4.78, 5) is 24.6. The molecule has 1 amide bonds. The topological polar surface area (TPSA) is 64.6 Å². The molecule has 0 atom stereocenters. The molecule has 0 fully saturated rings. The van der Waals surface area contributed by atoms with Crippen LogP contribution < -0.4 is 14.8 Å². The number of rotatable bonds is 6. The highest BCUT2D eigenvalue weighted by atomic mass is 16.6. The van der Waals surface area contributed by atoms with Gasteiger partial charge in [-0.15, -0.1) is 0 Å². The second-order valence-corrected chi connectivity index (χ2v) is 7.37. The molecule has 1 heterocycles. The summed E-state index contributed by atoms with van der Waals surface area (Å²) in [7, 11) is 0. The van der Waals surface area contributed by atoms with Crippen LogP contribution in [-0.2, 0) is 24.2 Å². The van der Waals surface area contributed by atoms with Crippen molar-refractivity contribution in [3.8, 4) is 11.5 Å². The van der Waals surface area contributed by atoms with E-state index in [1.807, 2.05) is 30.3 Å². The summed E-state index contributed by atoms with van der Waals surface area (Å²) < 4.78 is 11.1. The Morgan fingerprint density at radius 2 is 1.64 bits per heavy atom. The zero-order valence-electron chi connectivity index (χ0n) is 16.0. The van der Waals surface area contributed by atoms with E-state index in [9.17, 15) is 9.59 Å². The Balaban J connectivity index is 1.27. The molecule has 4 rings (SSSR count). The standard InChI is InChI=1S/C23H25NO4/c25-20(19-7-6-17-3-1-2-4-18(17)14-19)8-10-23(26)24-15-16-5-9-21-22(13-16)28-12-11-27-21/h5-7,9,13-14H,1-4,8,10-12,15H2,(H,24,26). The Bertz CT molecular complexity index is 890. The van der Waals surface area contributed by atoms with Crippen molar-refractivity contribution in [1.29, 1.82) is 0 Å². The molecule has 1 aliphatic heterocycles. The SMILES string of the molecule is O=C(CCC(=O)c1ccc2c(c1)CCCC2)NCc1ccc2c(c1)OCCO2. The first-order valence-corrected chi connectivity index (χ1v) is 9.99. The van der Waals surface area contributed by atoms with E-state index in [4.69, 9.17) is 9.47 Å². The van der Waals surface area contributed by atoms with Gasteiger partial charge in [0.2, 0.25) is 5.91 Å². The Morgan fingerprint density at radius 3 is 2.50 bits per heavy atom. The monoisotopic (exact) mass is 379 g/mol. The molecular formula is C23H25NO4. The van der Waals surface area contributed by atoms with Crippen molar-refractivity contribution in [3.05, 3.63) is 58.7 Å². The van der Waals surface area contributed by atoms with Crippen LogP contribution in [0.25, 0.3) is 0 Å². The highest BCUT2D eigenvalue weighted by Gasteiger charge is 2.15. The van der Waals surface area contributed by atoms with Crippen LogP contribution in [0.3, 0.4) is 0 Å². The number of fused-ring (bicyclic) bond motifs is 2. The van der Waals surface area contributed by atoms with E-state index in [1.165, 1.54) is 24.0 Å². The van der Waals surface area contributed by atoms with Gasteiger partial charge in [-0.2, -0.15) is 0 Å². The average Bonchev–Trinajstić information content (AvgIpc) is 2.75. The Hall–Kier alpha value is -2.82. The number of ether oxygens (including phenoxy) is 2. The Kier molecular flexibility index (Phi) is 5.60. The van der Waals surface area contributed by atoms with E-state index in [2.05, 4.69) is 11.4 Å². The van der Waals surface area contributed by atoms with Gasteiger partial charge >= 0.3 is 0 Å². The van der Waals surface area contributed by atoms with E-state index < -0.39 is 0 Å². The Labute approximate surface area is 165 Å². The van der Waals surface area contributed by atoms with Gasteiger partial charge in [-0.1, -0.05) is 18.2 Å². The Morgan fingerprint density at radius 1 is 0.857 bits per heavy atom. The van der Waals surface area contributed by atoms with Gasteiger partial charge in [-0.25, -0.2) is 0 Å². The number of amides is 1. The largest absolute Gasteiger partial charge is 0.486 e. The third-order valence-corrected chi connectivity index (χ3v) is 5.35. The third kappa shape index (κ3) is 4.35. The lowest BCUT2D eigenvalue weighted by Gasteiger charge is -2.19. The minimum absolute atomic E-state index is 0.0304. The molecule has 0 bridgehead atoms. The van der Waals surface area contributed by atoms with E-state index in [-0.39, 0.29) is 24.5 Å². The summed E-state index contributed by atoms with van der Waals surface area (Å²) in [5.74, 6) is 1.35. The van der Waals surface area contributed by atoms with E-state index in [0.29, 0.717) is 25.5 Å². The van der Waals surface area contributed by atoms with Crippen LogP contribution in [-0.4, -0.2) is 24.9 Å². The fourth-order valence-electron chi connectivity index (χ4n) is 3.77. The van der Waals surface area contributed by atoms with Crippen LogP contribution in [0.15, 0.2) is 36.4 Å². The predicted octanol–water partition coefficient (Wildman–Crippen LogP) is 3.62. The van der Waals surface area contributed by atoms with Gasteiger partial charge < -0.3 is 14.8 Å². The van der Waals surface area contributed by atoms with Gasteiger partial charge in [-0.3, -0.25) is 9.59 Å². The van der Waals surface area contributed by atoms with Gasteiger partial charge in [0.05, 0.1) is 0 Å². The zero-order chi connectivity index (χ0) is 19.3. The van der Waals surface area contributed by atoms with Gasteiger partial charge in [0.15, 0.2) is 17.3 Å². The molecule has 28 heavy (non-hydrogen) atoms. The first-order valence-electron chi connectivity index (χ1n) is 9.99. The molecule has 5 nitrogen and oxygen atoms in total. The first-order chi connectivity index (χ1) is 13.7. The fraction of sp³-hybridized carbons (Fsp3) is 0.391. The van der Waals surface area contributed by atoms with Crippen molar-refractivity contribution >= 4 is 11.7 Å². The number of hydrogen-bond acceptors (Lipinski definition) is 4. The summed E-state index contributed by atoms with van der Waals surface area (Å²) in [6, 6.07) is 11.6. The lowest BCUT2D eigenvalue weighted by molar-refractivity contribution is -0.121. The van der Waals surface area contributed by atoms with Gasteiger partial charge in [-0.05, 0) is 60.6 Å². The van der Waals surface area contributed by atoms with Crippen molar-refractivity contribution in [2.24, 2.45) is 0 Å². The van der Waals surface area contributed by atoms with Crippen LogP contribution in [0, 0.1) is 0 Å². The molecule has 1 N–H and O–H groups in total. The normalized spacial score (nSPS) is 14.9. The molecule has 1 aliphatic carbocycles. The number of ketones is 1. The van der Waals surface area contributed by atoms with Crippen LogP contribution in [0.2, 0.25) is 0 Å². The van der Waals surface area contributed by atoms with Crippen molar-refractivity contribution in [3.63, 3.8) is 0 Å². The minimum atomic E-state index is -0.124. The summed E-state index contributed by atoms with van der Waals surface area (Å²) in [6.45, 7) is 1.50. The number of nitrogens with one attached hydrogen (secondary N) is 1. The third-order valence-electron chi connectivity index (χ3n) is 5.35. The number of Topliss-reactive ketones (excluding diaryl/α,β-unsaturated/α-hetero) is 1. The molecule has 5 heteroatoms. The van der Waals surface area contributed by atoms with Crippen molar-refractivity contribution in [1.82, 2.24) is 5.32 Å². The molecule has 0 saturated heterocycles. The molecule has 0 spiro atoms. The highest BCUT2D eigenvalue weighted by molar-refractivity contribution is 5.98. The minimum Gasteiger partial charge on any atom is -0.486 e. The molecule has 0 saturated carbocycles. The molecule has 0 unspecified atom stereocenters. The van der Waals surface area contributed by atoms with Gasteiger partial charge in [0.1, 0.15) is 13.2 Å². The molecule has 146 valence electrons. The molecule has 0 radical (unpaired) electrons. The highest BCUT2D eigenvalue weighted by Crippen LogP contribution is 2.30. The predicted molar refractivity (Wildman–Crippen MR) is 106 cm³/mol. The number of aryl methyl sites for hydroxylation is 2. The lowest BCUT2D eigenvalue weighted by atomic mass is 9.89. The average molecular weight is 379 g/mol. The summed E-state index contributed by atoms with van der Waals surface area (Å²) in [5.41, 5.74) is 4.32. The maximum atomic E-state index is 12.5. The smallest absolute Gasteiger partial charge is 0.220 e. The summed E-state index contributed by atoms with van der Waals surface area (Å²) in [5, 5.41) is 2.87. The van der Waals surface area contributed by atoms with Crippen LogP contribution >= 0.6 is 0 Å².